The number of aromatic nitrogens is 2. The molecule has 0 aliphatic heterocycles. The highest BCUT2D eigenvalue weighted by atomic mass is 35.5. The van der Waals surface area contributed by atoms with Crippen LogP contribution in [-0.2, 0) is 6.61 Å². The van der Waals surface area contributed by atoms with Gasteiger partial charge in [0.15, 0.2) is 6.61 Å². The van der Waals surface area contributed by atoms with Gasteiger partial charge in [0.25, 0.3) is 5.89 Å². The Morgan fingerprint density at radius 3 is 2.61 bits per heavy atom. The first-order valence-electron chi connectivity index (χ1n) is 6.71. The third-order valence-corrected chi connectivity index (χ3v) is 3.89. The normalized spacial score (nSPS) is 10.6. The van der Waals surface area contributed by atoms with E-state index in [1.165, 1.54) is 0 Å². The smallest absolute Gasteiger partial charge is 0.264 e. The summed E-state index contributed by atoms with van der Waals surface area (Å²) in [5, 5.41) is 4.70. The van der Waals surface area contributed by atoms with Crippen LogP contribution in [0.25, 0.3) is 11.4 Å². The summed E-state index contributed by atoms with van der Waals surface area (Å²) in [7, 11) is 1.61. The molecule has 3 aromatic rings. The van der Waals surface area contributed by atoms with Crippen molar-refractivity contribution in [2.45, 2.75) is 6.61 Å². The summed E-state index contributed by atoms with van der Waals surface area (Å²) < 4.78 is 15.8. The molecule has 2 aromatic carbocycles. The summed E-state index contributed by atoms with van der Waals surface area (Å²) in [6.07, 6.45) is 0. The molecule has 0 fully saturated rings. The van der Waals surface area contributed by atoms with E-state index in [1.807, 2.05) is 24.3 Å². The largest absolute Gasteiger partial charge is 0.497 e. The van der Waals surface area contributed by atoms with Gasteiger partial charge in [-0.15, -0.1) is 0 Å². The third-order valence-electron chi connectivity index (χ3n) is 3.08. The van der Waals surface area contributed by atoms with Crippen LogP contribution in [0.4, 0.5) is 0 Å². The zero-order chi connectivity index (χ0) is 16.2. The fraction of sp³-hybridized carbons (Fsp3) is 0.125. The average molecular weight is 351 g/mol. The molecule has 0 bridgehead atoms. The van der Waals surface area contributed by atoms with E-state index in [2.05, 4.69) is 10.1 Å². The molecule has 1 aromatic heterocycles. The molecule has 7 heteroatoms. The lowest BCUT2D eigenvalue weighted by atomic mass is 10.2. The van der Waals surface area contributed by atoms with Gasteiger partial charge in [-0.1, -0.05) is 34.4 Å². The molecule has 5 nitrogen and oxygen atoms in total. The van der Waals surface area contributed by atoms with Crippen LogP contribution in [0.3, 0.4) is 0 Å². The lowest BCUT2D eigenvalue weighted by molar-refractivity contribution is 0.243. The number of rotatable bonds is 5. The summed E-state index contributed by atoms with van der Waals surface area (Å²) in [6.45, 7) is 0.100. The van der Waals surface area contributed by atoms with E-state index in [0.29, 0.717) is 27.5 Å². The Kier molecular flexibility index (Phi) is 4.69. The van der Waals surface area contributed by atoms with Crippen molar-refractivity contribution < 1.29 is 14.0 Å². The molecule has 0 amide bonds. The molecule has 0 saturated heterocycles. The van der Waals surface area contributed by atoms with E-state index in [0.717, 1.165) is 11.3 Å². The third kappa shape index (κ3) is 3.57. The minimum absolute atomic E-state index is 0.100. The van der Waals surface area contributed by atoms with Gasteiger partial charge < -0.3 is 14.0 Å². The Morgan fingerprint density at radius 1 is 1.09 bits per heavy atom. The van der Waals surface area contributed by atoms with Crippen LogP contribution in [0.5, 0.6) is 11.5 Å². The van der Waals surface area contributed by atoms with E-state index in [1.54, 1.807) is 25.3 Å². The maximum absolute atomic E-state index is 6.05. The van der Waals surface area contributed by atoms with Crippen LogP contribution in [-0.4, -0.2) is 17.3 Å². The van der Waals surface area contributed by atoms with Gasteiger partial charge in [0.2, 0.25) is 5.82 Å². The van der Waals surface area contributed by atoms with Crippen LogP contribution >= 0.6 is 23.2 Å². The molecular weight excluding hydrogens is 339 g/mol. The molecule has 118 valence electrons. The monoisotopic (exact) mass is 350 g/mol. The van der Waals surface area contributed by atoms with Crippen molar-refractivity contribution in [3.63, 3.8) is 0 Å². The summed E-state index contributed by atoms with van der Waals surface area (Å²) in [5.74, 6) is 2.04. The van der Waals surface area contributed by atoms with Crippen LogP contribution in [0.1, 0.15) is 5.89 Å². The minimum Gasteiger partial charge on any atom is -0.497 e. The number of nitrogens with zero attached hydrogens (tertiary/aromatic N) is 2. The van der Waals surface area contributed by atoms with Crippen molar-refractivity contribution in [1.29, 1.82) is 0 Å². The van der Waals surface area contributed by atoms with Crippen LogP contribution in [0.15, 0.2) is 47.0 Å². The maximum Gasteiger partial charge on any atom is 0.264 e. The minimum atomic E-state index is 0.100. The van der Waals surface area contributed by atoms with E-state index in [4.69, 9.17) is 37.2 Å². The maximum atomic E-state index is 6.05. The molecule has 0 spiro atoms. The van der Waals surface area contributed by atoms with E-state index >= 15 is 0 Å². The molecule has 1 heterocycles. The van der Waals surface area contributed by atoms with Crippen molar-refractivity contribution in [3.05, 3.63) is 58.4 Å². The molecule has 0 aliphatic rings. The van der Waals surface area contributed by atoms with E-state index in [-0.39, 0.29) is 6.61 Å². The van der Waals surface area contributed by atoms with Gasteiger partial charge in [-0.3, -0.25) is 0 Å². The topological polar surface area (TPSA) is 57.4 Å². The number of methoxy groups -OCH3 is 1. The molecule has 23 heavy (non-hydrogen) atoms. The number of halogens is 2. The van der Waals surface area contributed by atoms with Gasteiger partial charge >= 0.3 is 0 Å². The second kappa shape index (κ2) is 6.89. The van der Waals surface area contributed by atoms with Crippen molar-refractivity contribution in [1.82, 2.24) is 10.1 Å². The Labute approximate surface area is 142 Å². The first-order valence-corrected chi connectivity index (χ1v) is 7.47. The number of ether oxygens (including phenoxy) is 2. The highest BCUT2D eigenvalue weighted by Gasteiger charge is 2.11. The van der Waals surface area contributed by atoms with Crippen molar-refractivity contribution in [3.8, 4) is 22.9 Å². The highest BCUT2D eigenvalue weighted by Crippen LogP contribution is 2.32. The molecule has 3 rings (SSSR count). The Bertz CT molecular complexity index is 803. The second-order valence-electron chi connectivity index (χ2n) is 4.58. The lowest BCUT2D eigenvalue weighted by Gasteiger charge is -2.05. The van der Waals surface area contributed by atoms with Crippen LogP contribution in [0, 0.1) is 0 Å². The fourth-order valence-corrected chi connectivity index (χ4v) is 2.25. The number of benzene rings is 2. The summed E-state index contributed by atoms with van der Waals surface area (Å²) in [4.78, 5) is 4.28. The quantitative estimate of drug-likeness (QED) is 0.671. The van der Waals surface area contributed by atoms with E-state index in [9.17, 15) is 0 Å². The summed E-state index contributed by atoms with van der Waals surface area (Å²) in [5.41, 5.74) is 0.821. The highest BCUT2D eigenvalue weighted by molar-refractivity contribution is 6.42. The Morgan fingerprint density at radius 2 is 1.87 bits per heavy atom. The standard InChI is InChI=1S/C16H12Cl2N2O3/c1-21-11-7-5-10(6-8-11)16-19-14(23-20-16)9-22-13-4-2-3-12(17)15(13)18/h2-8H,9H2,1H3. The molecule has 0 aliphatic carbocycles. The molecule has 0 saturated carbocycles. The van der Waals surface area contributed by atoms with Crippen molar-refractivity contribution in [2.24, 2.45) is 0 Å². The molecule has 0 unspecified atom stereocenters. The Hall–Kier alpha value is -2.24. The van der Waals surface area contributed by atoms with Gasteiger partial charge in [-0.2, -0.15) is 4.98 Å². The Balaban J connectivity index is 1.70. The molecule has 0 atom stereocenters. The predicted molar refractivity (Wildman–Crippen MR) is 87.1 cm³/mol. The predicted octanol–water partition coefficient (Wildman–Crippen LogP) is 4.63. The second-order valence-corrected chi connectivity index (χ2v) is 5.37. The number of hydrogen-bond acceptors (Lipinski definition) is 5. The van der Waals surface area contributed by atoms with Gasteiger partial charge in [0.1, 0.15) is 16.5 Å². The molecular formula is C16H12Cl2N2O3. The average Bonchev–Trinajstić information content (AvgIpc) is 3.05. The zero-order valence-corrected chi connectivity index (χ0v) is 13.6. The van der Waals surface area contributed by atoms with E-state index < -0.39 is 0 Å². The van der Waals surface area contributed by atoms with Gasteiger partial charge in [0.05, 0.1) is 12.1 Å². The van der Waals surface area contributed by atoms with Crippen LogP contribution in [0.2, 0.25) is 10.0 Å². The van der Waals surface area contributed by atoms with Crippen LogP contribution < -0.4 is 9.47 Å². The molecule has 0 radical (unpaired) electrons. The summed E-state index contributed by atoms with van der Waals surface area (Å²) in [6, 6.07) is 12.5. The van der Waals surface area contributed by atoms with Crippen molar-refractivity contribution >= 4 is 23.2 Å². The summed E-state index contributed by atoms with van der Waals surface area (Å²) >= 11 is 12.0. The fourth-order valence-electron chi connectivity index (χ4n) is 1.91. The molecule has 0 N–H and O–H groups in total. The van der Waals surface area contributed by atoms with Gasteiger partial charge in [-0.25, -0.2) is 0 Å². The lowest BCUT2D eigenvalue weighted by Crippen LogP contribution is -1.96. The van der Waals surface area contributed by atoms with Gasteiger partial charge in [-0.05, 0) is 36.4 Å². The first-order chi connectivity index (χ1) is 11.2. The van der Waals surface area contributed by atoms with Gasteiger partial charge in [0, 0.05) is 5.56 Å². The number of hydrogen-bond donors (Lipinski definition) is 0. The van der Waals surface area contributed by atoms with Crippen molar-refractivity contribution in [2.75, 3.05) is 7.11 Å². The zero-order valence-electron chi connectivity index (χ0n) is 12.1. The SMILES string of the molecule is COc1ccc(-c2noc(COc3cccc(Cl)c3Cl)n2)cc1. The first kappa shape index (κ1) is 15.6.